The number of morpholine rings is 1. The van der Waals surface area contributed by atoms with Gasteiger partial charge >= 0.3 is 0 Å². The zero-order valence-corrected chi connectivity index (χ0v) is 16.4. The number of thiazole rings is 1. The van der Waals surface area contributed by atoms with E-state index >= 15 is 0 Å². The normalized spacial score (nSPS) is 15.9. The number of benzene rings is 1. The van der Waals surface area contributed by atoms with Crippen LogP contribution in [-0.2, 0) is 14.8 Å². The molecule has 0 bridgehead atoms. The van der Waals surface area contributed by atoms with Crippen LogP contribution in [0.5, 0.6) is 0 Å². The van der Waals surface area contributed by atoms with Crippen molar-refractivity contribution in [3.63, 3.8) is 0 Å². The lowest BCUT2D eigenvalue weighted by atomic mass is 10.2. The van der Waals surface area contributed by atoms with Crippen LogP contribution in [-0.4, -0.2) is 50.2 Å². The summed E-state index contributed by atoms with van der Waals surface area (Å²) in [5.74, 6) is 0.640. The lowest BCUT2D eigenvalue weighted by Crippen LogP contribution is -2.40. The van der Waals surface area contributed by atoms with Crippen molar-refractivity contribution in [1.82, 2.24) is 9.29 Å². The van der Waals surface area contributed by atoms with Gasteiger partial charge in [-0.2, -0.15) is 9.41 Å². The first-order valence-electron chi connectivity index (χ1n) is 8.59. The first-order valence-corrected chi connectivity index (χ1v) is 10.9. The number of hydrazone groups is 1. The second-order valence-corrected chi connectivity index (χ2v) is 8.76. The molecule has 146 valence electrons. The number of furan rings is 1. The number of sulfonamides is 1. The molecule has 3 heterocycles. The molecule has 2 aromatic heterocycles. The second kappa shape index (κ2) is 8.23. The fourth-order valence-corrected chi connectivity index (χ4v) is 4.78. The number of anilines is 1. The zero-order chi connectivity index (χ0) is 19.4. The highest BCUT2D eigenvalue weighted by atomic mass is 32.2. The van der Waals surface area contributed by atoms with Gasteiger partial charge < -0.3 is 9.15 Å². The summed E-state index contributed by atoms with van der Waals surface area (Å²) in [5.41, 5.74) is 4.43. The fraction of sp³-hybridized carbons (Fsp3) is 0.222. The van der Waals surface area contributed by atoms with Gasteiger partial charge in [-0.05, 0) is 24.3 Å². The summed E-state index contributed by atoms with van der Waals surface area (Å²) in [5, 5.41) is 6.59. The Morgan fingerprint density at radius 1 is 1.18 bits per heavy atom. The minimum atomic E-state index is -3.49. The number of aromatic nitrogens is 1. The molecule has 3 aromatic rings. The van der Waals surface area contributed by atoms with Crippen LogP contribution in [0.15, 0.2) is 62.5 Å². The molecule has 0 amide bonds. The van der Waals surface area contributed by atoms with Crippen molar-refractivity contribution in [3.05, 3.63) is 53.8 Å². The van der Waals surface area contributed by atoms with Gasteiger partial charge in [0.1, 0.15) is 5.76 Å². The van der Waals surface area contributed by atoms with Gasteiger partial charge in [0.15, 0.2) is 0 Å². The van der Waals surface area contributed by atoms with E-state index in [0.29, 0.717) is 37.2 Å². The smallest absolute Gasteiger partial charge is 0.243 e. The first kappa shape index (κ1) is 18.8. The number of hydrogen-bond donors (Lipinski definition) is 1. The van der Waals surface area contributed by atoms with E-state index in [1.807, 2.05) is 5.38 Å². The standard InChI is InChI=1S/C18H18N4O4S2/c23-28(24,22-7-10-25-11-8-22)16-5-3-14(4-6-16)17-13-27-18(20-17)21-19-12-15-2-1-9-26-15/h1-6,9,12-13H,7-8,10-11H2,(H,20,21)/b19-12+. The van der Waals surface area contributed by atoms with E-state index in [1.54, 1.807) is 48.9 Å². The minimum absolute atomic E-state index is 0.273. The molecule has 10 heteroatoms. The van der Waals surface area contributed by atoms with Crippen LogP contribution in [0, 0.1) is 0 Å². The maximum Gasteiger partial charge on any atom is 0.243 e. The minimum Gasteiger partial charge on any atom is -0.463 e. The molecule has 0 aliphatic carbocycles. The summed E-state index contributed by atoms with van der Waals surface area (Å²) in [4.78, 5) is 4.74. The summed E-state index contributed by atoms with van der Waals surface area (Å²) >= 11 is 1.41. The molecule has 0 unspecified atom stereocenters. The third-order valence-corrected chi connectivity index (χ3v) is 6.82. The molecule has 1 N–H and O–H groups in total. The van der Waals surface area contributed by atoms with Gasteiger partial charge in [-0.3, -0.25) is 5.43 Å². The summed E-state index contributed by atoms with van der Waals surface area (Å²) in [6, 6.07) is 10.3. The van der Waals surface area contributed by atoms with Crippen molar-refractivity contribution in [3.8, 4) is 11.3 Å². The van der Waals surface area contributed by atoms with E-state index < -0.39 is 10.0 Å². The van der Waals surface area contributed by atoms with E-state index in [2.05, 4.69) is 15.5 Å². The molecule has 0 spiro atoms. The lowest BCUT2D eigenvalue weighted by molar-refractivity contribution is 0.0730. The monoisotopic (exact) mass is 418 g/mol. The van der Waals surface area contributed by atoms with Crippen molar-refractivity contribution in [2.24, 2.45) is 5.10 Å². The molecular formula is C18H18N4O4S2. The highest BCUT2D eigenvalue weighted by Crippen LogP contribution is 2.27. The van der Waals surface area contributed by atoms with Crippen LogP contribution >= 0.6 is 11.3 Å². The van der Waals surface area contributed by atoms with E-state index in [4.69, 9.17) is 9.15 Å². The van der Waals surface area contributed by atoms with Crippen molar-refractivity contribution in [2.45, 2.75) is 4.90 Å². The van der Waals surface area contributed by atoms with Crippen LogP contribution in [0.25, 0.3) is 11.3 Å². The molecule has 1 aliphatic rings. The number of nitrogens with one attached hydrogen (secondary N) is 1. The van der Waals surface area contributed by atoms with Gasteiger partial charge in [0, 0.05) is 24.0 Å². The highest BCUT2D eigenvalue weighted by molar-refractivity contribution is 7.89. The number of ether oxygens (including phenoxy) is 1. The Kier molecular flexibility index (Phi) is 5.53. The van der Waals surface area contributed by atoms with Gasteiger partial charge in [-0.1, -0.05) is 12.1 Å². The summed E-state index contributed by atoms with van der Waals surface area (Å²) in [6.07, 6.45) is 3.14. The fourth-order valence-electron chi connectivity index (χ4n) is 2.71. The first-order chi connectivity index (χ1) is 13.6. The third kappa shape index (κ3) is 4.14. The Hall–Kier alpha value is -2.53. The van der Waals surface area contributed by atoms with Crippen LogP contribution in [0.1, 0.15) is 5.76 Å². The molecule has 1 aliphatic heterocycles. The van der Waals surface area contributed by atoms with Crippen LogP contribution < -0.4 is 5.43 Å². The van der Waals surface area contributed by atoms with E-state index in [9.17, 15) is 8.42 Å². The third-order valence-electron chi connectivity index (χ3n) is 4.16. The molecule has 0 saturated carbocycles. The molecule has 8 nitrogen and oxygen atoms in total. The predicted octanol–water partition coefficient (Wildman–Crippen LogP) is 2.87. The lowest BCUT2D eigenvalue weighted by Gasteiger charge is -2.26. The van der Waals surface area contributed by atoms with Crippen molar-refractivity contribution >= 4 is 32.7 Å². The summed E-state index contributed by atoms with van der Waals surface area (Å²) in [6.45, 7) is 1.61. The average molecular weight is 419 g/mol. The van der Waals surface area contributed by atoms with Crippen LogP contribution in [0.3, 0.4) is 0 Å². The Morgan fingerprint density at radius 3 is 2.68 bits per heavy atom. The molecule has 1 aromatic carbocycles. The van der Waals surface area contributed by atoms with Crippen LogP contribution in [0.2, 0.25) is 0 Å². The molecule has 1 saturated heterocycles. The Bertz CT molecular complexity index is 1040. The van der Waals surface area contributed by atoms with Gasteiger partial charge in [-0.25, -0.2) is 13.4 Å². The van der Waals surface area contributed by atoms with E-state index in [1.165, 1.54) is 15.6 Å². The maximum atomic E-state index is 12.7. The van der Waals surface area contributed by atoms with Gasteiger partial charge in [0.05, 0.1) is 36.3 Å². The number of rotatable bonds is 6. The van der Waals surface area contributed by atoms with Crippen LogP contribution in [0.4, 0.5) is 5.13 Å². The topological polar surface area (TPSA) is 97.0 Å². The van der Waals surface area contributed by atoms with Gasteiger partial charge in [0.2, 0.25) is 15.2 Å². The van der Waals surface area contributed by atoms with Crippen molar-refractivity contribution in [2.75, 3.05) is 31.7 Å². The SMILES string of the molecule is O=S(=O)(c1ccc(-c2csc(N/N=C/c3ccco3)n2)cc1)N1CCOCC1. The molecular weight excluding hydrogens is 400 g/mol. The number of hydrogen-bond acceptors (Lipinski definition) is 8. The maximum absolute atomic E-state index is 12.7. The molecule has 28 heavy (non-hydrogen) atoms. The van der Waals surface area contributed by atoms with Gasteiger partial charge in [0.25, 0.3) is 0 Å². The molecule has 0 atom stereocenters. The predicted molar refractivity (Wildman–Crippen MR) is 107 cm³/mol. The summed E-state index contributed by atoms with van der Waals surface area (Å²) < 4.78 is 37.2. The second-order valence-electron chi connectivity index (χ2n) is 5.96. The van der Waals surface area contributed by atoms with Gasteiger partial charge in [-0.15, -0.1) is 11.3 Å². The largest absolute Gasteiger partial charge is 0.463 e. The van der Waals surface area contributed by atoms with Crippen molar-refractivity contribution in [1.29, 1.82) is 0 Å². The van der Waals surface area contributed by atoms with Crippen molar-refractivity contribution < 1.29 is 17.6 Å². The highest BCUT2D eigenvalue weighted by Gasteiger charge is 2.26. The Morgan fingerprint density at radius 2 is 1.96 bits per heavy atom. The quantitative estimate of drug-likeness (QED) is 0.488. The number of nitrogens with zero attached hydrogens (tertiary/aromatic N) is 3. The Balaban J connectivity index is 1.45. The Labute approximate surface area is 166 Å². The molecule has 0 radical (unpaired) electrons. The van der Waals surface area contributed by atoms with E-state index in [-0.39, 0.29) is 4.90 Å². The summed E-state index contributed by atoms with van der Waals surface area (Å²) in [7, 11) is -3.49. The van der Waals surface area contributed by atoms with E-state index in [0.717, 1.165) is 11.3 Å². The molecule has 1 fully saturated rings. The molecule has 4 rings (SSSR count). The average Bonchev–Trinajstić information content (AvgIpc) is 3.41. The zero-order valence-electron chi connectivity index (χ0n) is 14.8.